The van der Waals surface area contributed by atoms with Crippen LogP contribution in [-0.2, 0) is 23.9 Å². The zero-order valence-electron chi connectivity index (χ0n) is 21.3. The summed E-state index contributed by atoms with van der Waals surface area (Å²) in [6.45, 7) is 6.88. The van der Waals surface area contributed by atoms with E-state index in [1.807, 2.05) is 0 Å². The van der Waals surface area contributed by atoms with E-state index in [-0.39, 0.29) is 32.2 Å². The van der Waals surface area contributed by atoms with Gasteiger partial charge in [-0.2, -0.15) is 0 Å². The number of ether oxygens (including phenoxy) is 1. The number of hydrogen-bond acceptors (Lipinski definition) is 6. The molecule has 204 valence electrons. The minimum absolute atomic E-state index is 0.00952. The van der Waals surface area contributed by atoms with E-state index in [9.17, 15) is 32.8 Å². The summed E-state index contributed by atoms with van der Waals surface area (Å²) in [5.41, 5.74) is -0.849. The molecule has 3 atom stereocenters. The first-order valence-corrected chi connectivity index (χ1v) is 12.4. The lowest BCUT2D eigenvalue weighted by molar-refractivity contribution is -0.151. The summed E-state index contributed by atoms with van der Waals surface area (Å²) in [6, 6.07) is -3.38. The third kappa shape index (κ3) is 8.12. The van der Waals surface area contributed by atoms with Gasteiger partial charge in [-0.25, -0.2) is 18.4 Å². The normalized spacial score (nSPS) is 21.8. The average Bonchev–Trinajstić information content (AvgIpc) is 3.25. The number of nitrogens with zero attached hydrogens (tertiary/aromatic N) is 1. The zero-order valence-corrected chi connectivity index (χ0v) is 21.3. The largest absolute Gasteiger partial charge is 0.475 e. The Hall–Kier alpha value is -2.79. The van der Waals surface area contributed by atoms with Crippen molar-refractivity contribution in [3.63, 3.8) is 0 Å². The van der Waals surface area contributed by atoms with E-state index in [2.05, 4.69) is 10.6 Å². The van der Waals surface area contributed by atoms with Crippen molar-refractivity contribution < 1.29 is 42.6 Å². The molecule has 1 saturated carbocycles. The average molecular weight is 518 g/mol. The van der Waals surface area contributed by atoms with Gasteiger partial charge < -0.3 is 25.4 Å². The Labute approximate surface area is 209 Å². The van der Waals surface area contributed by atoms with Crippen LogP contribution in [0.2, 0.25) is 0 Å². The van der Waals surface area contributed by atoms with Crippen LogP contribution in [0.3, 0.4) is 0 Å². The highest BCUT2D eigenvalue weighted by molar-refractivity contribution is 6.35. The summed E-state index contributed by atoms with van der Waals surface area (Å²) < 4.78 is 32.8. The number of carbonyl (C=O) groups is 5. The van der Waals surface area contributed by atoms with Crippen molar-refractivity contribution in [2.75, 3.05) is 6.54 Å². The molecule has 1 aliphatic heterocycles. The maximum absolute atomic E-state index is 13.8. The van der Waals surface area contributed by atoms with E-state index in [1.165, 1.54) is 4.90 Å². The lowest BCUT2D eigenvalue weighted by Gasteiger charge is -2.36. The molecular formula is C24H37F2N3O7. The second-order valence-electron chi connectivity index (χ2n) is 10.5. The fraction of sp³-hybridized carbons (Fsp3) is 0.792. The summed E-state index contributed by atoms with van der Waals surface area (Å²) >= 11 is 0. The van der Waals surface area contributed by atoms with E-state index < -0.39 is 78.1 Å². The smallest absolute Gasteiger partial charge is 0.408 e. The molecular weight excluding hydrogens is 480 g/mol. The maximum atomic E-state index is 13.8. The van der Waals surface area contributed by atoms with E-state index in [0.29, 0.717) is 12.8 Å². The molecule has 3 N–H and O–H groups in total. The number of amides is 3. The molecule has 1 saturated heterocycles. The first-order chi connectivity index (χ1) is 16.6. The summed E-state index contributed by atoms with van der Waals surface area (Å²) in [6.07, 6.45) is -0.369. The summed E-state index contributed by atoms with van der Waals surface area (Å²) in [5.74, 6) is -7.48. The van der Waals surface area contributed by atoms with Crippen molar-refractivity contribution >= 4 is 29.7 Å². The molecule has 1 aliphatic carbocycles. The van der Waals surface area contributed by atoms with Crippen LogP contribution in [0.25, 0.3) is 0 Å². The van der Waals surface area contributed by atoms with Gasteiger partial charge in [0.05, 0.1) is 6.04 Å². The quantitative estimate of drug-likeness (QED) is 0.399. The van der Waals surface area contributed by atoms with Gasteiger partial charge in [0.25, 0.3) is 5.78 Å². The van der Waals surface area contributed by atoms with Gasteiger partial charge in [-0.3, -0.25) is 14.4 Å². The van der Waals surface area contributed by atoms with E-state index in [4.69, 9.17) is 9.84 Å². The number of nitrogens with one attached hydrogen (secondary N) is 2. The Kier molecular flexibility index (Phi) is 9.78. The number of carboxylic acid groups (broad SMARTS) is 1. The number of rotatable bonds is 9. The predicted octanol–water partition coefficient (Wildman–Crippen LogP) is 2.63. The van der Waals surface area contributed by atoms with Crippen molar-refractivity contribution in [1.82, 2.24) is 15.5 Å². The fourth-order valence-electron chi connectivity index (χ4n) is 4.67. The minimum Gasteiger partial charge on any atom is -0.475 e. The van der Waals surface area contributed by atoms with Crippen molar-refractivity contribution in [2.24, 2.45) is 5.92 Å². The monoisotopic (exact) mass is 517 g/mol. The van der Waals surface area contributed by atoms with E-state index in [1.54, 1.807) is 27.7 Å². The Bertz CT molecular complexity index is 849. The topological polar surface area (TPSA) is 142 Å². The van der Waals surface area contributed by atoms with Crippen LogP contribution in [0.4, 0.5) is 13.6 Å². The van der Waals surface area contributed by atoms with Gasteiger partial charge in [0.2, 0.25) is 17.7 Å². The van der Waals surface area contributed by atoms with Gasteiger partial charge in [0, 0.05) is 19.4 Å². The highest BCUT2D eigenvalue weighted by Gasteiger charge is 2.45. The fourth-order valence-corrected chi connectivity index (χ4v) is 4.67. The summed E-state index contributed by atoms with van der Waals surface area (Å²) in [5, 5.41) is 14.0. The minimum atomic E-state index is -2.84. The molecule has 2 aliphatic rings. The molecule has 3 unspecified atom stereocenters. The standard InChI is InChI=1S/C24H37F2N3O7/c1-5-7-15(18(30)21(33)34)27-19(31)16-8-6-13-29(16)20(32)17(28-22(35)36-23(2,3)4)14-9-11-24(25,26)12-10-14/h14-17H,5-13H2,1-4H3,(H,27,31)(H,28,35)(H,33,34). The van der Waals surface area contributed by atoms with Crippen LogP contribution in [-0.4, -0.2) is 75.9 Å². The lowest BCUT2D eigenvalue weighted by atomic mass is 9.81. The molecule has 0 bridgehead atoms. The highest BCUT2D eigenvalue weighted by atomic mass is 19.3. The van der Waals surface area contributed by atoms with Crippen molar-refractivity contribution in [1.29, 1.82) is 0 Å². The predicted molar refractivity (Wildman–Crippen MR) is 124 cm³/mol. The molecule has 0 aromatic rings. The SMILES string of the molecule is CCCC(NC(=O)C1CCCN1C(=O)C(NC(=O)OC(C)(C)C)C1CCC(F)(F)CC1)C(=O)C(=O)O. The Balaban J connectivity index is 2.22. The number of halogens is 2. The van der Waals surface area contributed by atoms with Gasteiger partial charge >= 0.3 is 12.1 Å². The van der Waals surface area contributed by atoms with Gasteiger partial charge in [-0.05, 0) is 58.8 Å². The van der Waals surface area contributed by atoms with Crippen LogP contribution < -0.4 is 10.6 Å². The Morgan fingerprint density at radius 2 is 1.69 bits per heavy atom. The Morgan fingerprint density at radius 1 is 1.08 bits per heavy atom. The molecule has 12 heteroatoms. The number of likely N-dealkylation sites (tertiary alicyclic amines) is 1. The molecule has 0 aromatic heterocycles. The van der Waals surface area contributed by atoms with Crippen molar-refractivity contribution in [2.45, 2.75) is 109 Å². The van der Waals surface area contributed by atoms with Gasteiger partial charge in [0.15, 0.2) is 0 Å². The van der Waals surface area contributed by atoms with Crippen LogP contribution in [0.15, 0.2) is 0 Å². The molecule has 0 aromatic carbocycles. The lowest BCUT2D eigenvalue weighted by Crippen LogP contribution is -2.58. The molecule has 0 radical (unpaired) electrons. The third-order valence-corrected chi connectivity index (χ3v) is 6.43. The maximum Gasteiger partial charge on any atom is 0.408 e. The van der Waals surface area contributed by atoms with Crippen LogP contribution >= 0.6 is 0 Å². The Morgan fingerprint density at radius 3 is 2.22 bits per heavy atom. The third-order valence-electron chi connectivity index (χ3n) is 6.43. The van der Waals surface area contributed by atoms with Crippen LogP contribution in [0, 0.1) is 5.92 Å². The van der Waals surface area contributed by atoms with Crippen molar-refractivity contribution in [3.8, 4) is 0 Å². The molecule has 10 nitrogen and oxygen atoms in total. The van der Waals surface area contributed by atoms with Gasteiger partial charge in [-0.1, -0.05) is 13.3 Å². The first-order valence-electron chi connectivity index (χ1n) is 12.4. The number of hydrogen-bond donors (Lipinski definition) is 3. The van der Waals surface area contributed by atoms with Crippen molar-refractivity contribution in [3.05, 3.63) is 0 Å². The molecule has 3 amide bonds. The second-order valence-corrected chi connectivity index (χ2v) is 10.5. The number of alkyl halides is 2. The van der Waals surface area contributed by atoms with Crippen LogP contribution in [0.1, 0.15) is 79.1 Å². The number of aliphatic carboxylic acids is 1. The molecule has 0 spiro atoms. The number of carboxylic acids is 1. The van der Waals surface area contributed by atoms with E-state index in [0.717, 1.165) is 0 Å². The molecule has 2 fully saturated rings. The summed E-state index contributed by atoms with van der Waals surface area (Å²) in [4.78, 5) is 63.5. The van der Waals surface area contributed by atoms with E-state index >= 15 is 0 Å². The van der Waals surface area contributed by atoms with Crippen LogP contribution in [0.5, 0.6) is 0 Å². The first kappa shape index (κ1) is 29.4. The highest BCUT2D eigenvalue weighted by Crippen LogP contribution is 2.38. The number of ketones is 1. The second kappa shape index (κ2) is 12.0. The molecule has 1 heterocycles. The number of alkyl carbamates (subject to hydrolysis) is 1. The summed E-state index contributed by atoms with van der Waals surface area (Å²) in [7, 11) is 0. The molecule has 36 heavy (non-hydrogen) atoms. The van der Waals surface area contributed by atoms with Gasteiger partial charge in [-0.15, -0.1) is 0 Å². The number of carbonyl (C=O) groups excluding carboxylic acids is 4. The zero-order chi connectivity index (χ0) is 27.3. The molecule has 2 rings (SSSR count). The van der Waals surface area contributed by atoms with Gasteiger partial charge in [0.1, 0.15) is 17.7 Å². The number of Topliss-reactive ketones (excluding diaryl/α,β-unsaturated/α-hetero) is 1.